The van der Waals surface area contributed by atoms with E-state index in [1.54, 1.807) is 19.2 Å². The monoisotopic (exact) mass is 504 g/mol. The van der Waals surface area contributed by atoms with Gasteiger partial charge in [0.2, 0.25) is 0 Å². The molecule has 3 aromatic rings. The number of carbonyl (C=O) groups is 1. The first-order valence-electron chi connectivity index (χ1n) is 12.9. The minimum atomic E-state index is -0.300. The maximum Gasteiger partial charge on any atom is 0.257 e. The minimum Gasteiger partial charge on any atom is -0.497 e. The van der Waals surface area contributed by atoms with Gasteiger partial charge in [-0.05, 0) is 79.4 Å². The third-order valence-corrected chi connectivity index (χ3v) is 7.33. The molecule has 0 spiro atoms. The van der Waals surface area contributed by atoms with E-state index in [9.17, 15) is 14.3 Å². The number of halogens is 1. The largest absolute Gasteiger partial charge is 0.497 e. The smallest absolute Gasteiger partial charge is 0.257 e. The van der Waals surface area contributed by atoms with Crippen LogP contribution in [0.1, 0.15) is 23.2 Å². The van der Waals surface area contributed by atoms with Gasteiger partial charge in [-0.1, -0.05) is 0 Å². The third kappa shape index (κ3) is 5.54. The fraction of sp³-hybridized carbons (Fsp3) is 0.379. The van der Waals surface area contributed by atoms with Crippen molar-refractivity contribution in [3.8, 4) is 17.0 Å². The molecule has 0 radical (unpaired) electrons. The average molecular weight is 505 g/mol. The van der Waals surface area contributed by atoms with Crippen LogP contribution in [0.4, 0.5) is 15.9 Å². The number of methoxy groups -OCH3 is 1. The number of anilines is 2. The van der Waals surface area contributed by atoms with Gasteiger partial charge in [-0.15, -0.1) is 0 Å². The number of hydrogen-bond donors (Lipinski definition) is 1. The van der Waals surface area contributed by atoms with Crippen molar-refractivity contribution in [3.63, 3.8) is 0 Å². The van der Waals surface area contributed by atoms with E-state index in [4.69, 9.17) is 9.72 Å². The third-order valence-electron chi connectivity index (χ3n) is 7.33. The van der Waals surface area contributed by atoms with E-state index in [2.05, 4.69) is 9.80 Å². The second-order valence-corrected chi connectivity index (χ2v) is 9.69. The van der Waals surface area contributed by atoms with Gasteiger partial charge in [-0.3, -0.25) is 4.79 Å². The number of piperazine rings is 1. The molecule has 1 N–H and O–H groups in total. The predicted octanol–water partition coefficient (Wildman–Crippen LogP) is 4.07. The number of amides is 1. The summed E-state index contributed by atoms with van der Waals surface area (Å²) in [4.78, 5) is 25.0. The van der Waals surface area contributed by atoms with Crippen molar-refractivity contribution in [1.29, 1.82) is 0 Å². The van der Waals surface area contributed by atoms with Gasteiger partial charge < -0.3 is 24.5 Å². The molecule has 37 heavy (non-hydrogen) atoms. The van der Waals surface area contributed by atoms with Gasteiger partial charge in [0.25, 0.3) is 5.91 Å². The molecule has 2 saturated heterocycles. The number of ether oxygens (including phenoxy) is 1. The number of rotatable bonds is 6. The van der Waals surface area contributed by atoms with Gasteiger partial charge >= 0.3 is 0 Å². The van der Waals surface area contributed by atoms with Crippen LogP contribution in [0.3, 0.4) is 0 Å². The number of aromatic nitrogens is 1. The Hall–Kier alpha value is -3.65. The van der Waals surface area contributed by atoms with Crippen molar-refractivity contribution >= 4 is 17.4 Å². The molecular formula is C29H33FN4O3. The van der Waals surface area contributed by atoms with Crippen LogP contribution in [0.15, 0.2) is 60.7 Å². The molecule has 1 atom stereocenters. The maximum atomic E-state index is 13.8. The fourth-order valence-electron chi connectivity index (χ4n) is 5.18. The van der Waals surface area contributed by atoms with Crippen molar-refractivity contribution in [2.24, 2.45) is 5.92 Å². The van der Waals surface area contributed by atoms with E-state index >= 15 is 0 Å². The molecule has 2 aliphatic rings. The lowest BCUT2D eigenvalue weighted by Crippen LogP contribution is -2.49. The number of hydrogen-bond acceptors (Lipinski definition) is 6. The molecule has 1 amide bonds. The summed E-state index contributed by atoms with van der Waals surface area (Å²) in [7, 11) is 1.66. The van der Waals surface area contributed by atoms with Crippen LogP contribution in [-0.2, 0) is 0 Å². The van der Waals surface area contributed by atoms with Crippen LogP contribution < -0.4 is 14.5 Å². The molecule has 2 aliphatic heterocycles. The van der Waals surface area contributed by atoms with Crippen molar-refractivity contribution in [2.45, 2.75) is 12.8 Å². The maximum absolute atomic E-state index is 13.8. The summed E-state index contributed by atoms with van der Waals surface area (Å²) in [6.07, 6.45) is 1.89. The molecule has 194 valence electrons. The van der Waals surface area contributed by atoms with E-state index in [1.807, 2.05) is 41.3 Å². The van der Waals surface area contributed by atoms with Crippen LogP contribution >= 0.6 is 0 Å². The molecule has 3 heterocycles. The zero-order valence-corrected chi connectivity index (χ0v) is 21.1. The Labute approximate surface area is 217 Å². The Balaban J connectivity index is 1.38. The molecule has 2 aromatic carbocycles. The number of carbonyl (C=O) groups excluding carboxylic acids is 1. The van der Waals surface area contributed by atoms with Crippen LogP contribution in [0, 0.1) is 11.7 Å². The van der Waals surface area contributed by atoms with Crippen LogP contribution in [0.5, 0.6) is 5.75 Å². The van der Waals surface area contributed by atoms with Gasteiger partial charge in [-0.25, -0.2) is 9.37 Å². The van der Waals surface area contributed by atoms with Crippen LogP contribution in [0.25, 0.3) is 11.3 Å². The summed E-state index contributed by atoms with van der Waals surface area (Å²) < 4.78 is 18.7. The first-order chi connectivity index (χ1) is 18.1. The summed E-state index contributed by atoms with van der Waals surface area (Å²) in [5, 5.41) is 9.78. The topological polar surface area (TPSA) is 69.1 Å². The molecule has 2 fully saturated rings. The predicted molar refractivity (Wildman–Crippen MR) is 143 cm³/mol. The lowest BCUT2D eigenvalue weighted by molar-refractivity contribution is 0.0747. The Kier molecular flexibility index (Phi) is 7.55. The molecule has 0 unspecified atom stereocenters. The highest BCUT2D eigenvalue weighted by Gasteiger charge is 2.29. The van der Waals surface area contributed by atoms with E-state index in [-0.39, 0.29) is 24.2 Å². The number of pyridine rings is 1. The summed E-state index contributed by atoms with van der Waals surface area (Å²) in [6.45, 7) is 4.26. The van der Waals surface area contributed by atoms with Crippen molar-refractivity contribution < 1.29 is 19.0 Å². The number of benzene rings is 2. The fourth-order valence-corrected chi connectivity index (χ4v) is 5.18. The number of aliphatic hydroxyl groups excluding tert-OH is 1. The van der Waals surface area contributed by atoms with Crippen molar-refractivity contribution in [3.05, 3.63) is 72.0 Å². The highest BCUT2D eigenvalue weighted by atomic mass is 19.1. The summed E-state index contributed by atoms with van der Waals surface area (Å²) in [5.41, 5.74) is 3.18. The number of aliphatic hydroxyl groups is 1. The molecule has 1 aromatic heterocycles. The normalized spacial score (nSPS) is 18.1. The number of piperidine rings is 1. The lowest BCUT2D eigenvalue weighted by Gasteiger charge is -2.37. The molecule has 0 aliphatic carbocycles. The molecule has 0 saturated carbocycles. The molecule has 0 bridgehead atoms. The number of nitrogens with zero attached hydrogens (tertiary/aromatic N) is 4. The van der Waals surface area contributed by atoms with Gasteiger partial charge in [0.05, 0.1) is 18.4 Å². The molecular weight excluding hydrogens is 471 g/mol. The van der Waals surface area contributed by atoms with E-state index in [0.29, 0.717) is 36.7 Å². The van der Waals surface area contributed by atoms with Gasteiger partial charge in [0.1, 0.15) is 17.4 Å². The highest BCUT2D eigenvalue weighted by molar-refractivity contribution is 5.99. The molecule has 8 heteroatoms. The van der Waals surface area contributed by atoms with Gasteiger partial charge in [0.15, 0.2) is 0 Å². The summed E-state index contributed by atoms with van der Waals surface area (Å²) in [5.74, 6) is 1.28. The SMILES string of the molecule is COc1ccc(N2CCN(C(=O)c3ccc(-c4ccc(F)cc4)nc3N3CCC[C@@H](CO)C3)CC2)cc1. The lowest BCUT2D eigenvalue weighted by atomic mass is 9.98. The first kappa shape index (κ1) is 25.0. The first-order valence-corrected chi connectivity index (χ1v) is 12.9. The van der Waals surface area contributed by atoms with Gasteiger partial charge in [-0.2, -0.15) is 0 Å². The van der Waals surface area contributed by atoms with Gasteiger partial charge in [0, 0.05) is 57.1 Å². The second-order valence-electron chi connectivity index (χ2n) is 9.69. The van der Waals surface area contributed by atoms with E-state index < -0.39 is 0 Å². The molecule has 7 nitrogen and oxygen atoms in total. The average Bonchev–Trinajstić information content (AvgIpc) is 2.97. The Morgan fingerprint density at radius 2 is 1.70 bits per heavy atom. The second kappa shape index (κ2) is 11.2. The Bertz CT molecular complexity index is 1210. The molecule has 5 rings (SSSR count). The summed E-state index contributed by atoms with van der Waals surface area (Å²) >= 11 is 0. The minimum absolute atomic E-state index is 0.0336. The zero-order valence-electron chi connectivity index (χ0n) is 21.1. The zero-order chi connectivity index (χ0) is 25.8. The van der Waals surface area contributed by atoms with Crippen LogP contribution in [-0.4, -0.2) is 73.9 Å². The Morgan fingerprint density at radius 1 is 0.973 bits per heavy atom. The van der Waals surface area contributed by atoms with Crippen LogP contribution in [0.2, 0.25) is 0 Å². The standard InChI is InChI=1S/C29H33FN4O3/c1-37-25-10-8-24(9-11-25)32-15-17-33(18-16-32)29(36)26-12-13-27(22-4-6-23(30)7-5-22)31-28(26)34-14-2-3-21(19-34)20-35/h4-13,21,35H,2-3,14-20H2,1H3/t21-/m1/s1. The van der Waals surface area contributed by atoms with Crippen molar-refractivity contribution in [1.82, 2.24) is 9.88 Å². The summed E-state index contributed by atoms with van der Waals surface area (Å²) in [6, 6.07) is 17.9. The highest BCUT2D eigenvalue weighted by Crippen LogP contribution is 2.30. The van der Waals surface area contributed by atoms with E-state index in [1.165, 1.54) is 12.1 Å². The Morgan fingerprint density at radius 3 is 2.38 bits per heavy atom. The quantitative estimate of drug-likeness (QED) is 0.546. The van der Waals surface area contributed by atoms with E-state index in [0.717, 1.165) is 49.5 Å². The van der Waals surface area contributed by atoms with Crippen molar-refractivity contribution in [2.75, 3.05) is 62.8 Å².